The van der Waals surface area contributed by atoms with E-state index in [4.69, 9.17) is 4.52 Å². The molecule has 20 heavy (non-hydrogen) atoms. The summed E-state index contributed by atoms with van der Waals surface area (Å²) in [5.41, 5.74) is 1.31. The van der Waals surface area contributed by atoms with Gasteiger partial charge in [0, 0.05) is 25.1 Å². The van der Waals surface area contributed by atoms with E-state index in [1.165, 1.54) is 11.8 Å². The first-order chi connectivity index (χ1) is 9.84. The molecule has 1 saturated heterocycles. The van der Waals surface area contributed by atoms with Gasteiger partial charge in [-0.1, -0.05) is 41.9 Å². The van der Waals surface area contributed by atoms with Crippen molar-refractivity contribution < 1.29 is 9.32 Å². The third-order valence-corrected chi connectivity index (χ3v) is 3.88. The van der Waals surface area contributed by atoms with E-state index < -0.39 is 0 Å². The van der Waals surface area contributed by atoms with Crippen molar-refractivity contribution in [3.05, 3.63) is 53.9 Å². The van der Waals surface area contributed by atoms with Crippen LogP contribution in [-0.2, 0) is 0 Å². The van der Waals surface area contributed by atoms with Crippen LogP contribution < -0.4 is 0 Å². The van der Waals surface area contributed by atoms with Crippen molar-refractivity contribution in [1.82, 2.24) is 10.1 Å². The molecule has 0 bridgehead atoms. The van der Waals surface area contributed by atoms with E-state index in [-0.39, 0.29) is 5.91 Å². The molecule has 1 fully saturated rings. The molecule has 2 heterocycles. The Morgan fingerprint density at radius 2 is 2.05 bits per heavy atom. The van der Waals surface area contributed by atoms with Crippen molar-refractivity contribution in [1.29, 1.82) is 0 Å². The van der Waals surface area contributed by atoms with Crippen LogP contribution in [0.15, 0.2) is 47.1 Å². The van der Waals surface area contributed by atoms with Gasteiger partial charge in [-0.2, -0.15) is 0 Å². The highest BCUT2D eigenvalue weighted by atomic mass is 16.5. The van der Waals surface area contributed by atoms with Gasteiger partial charge in [-0.3, -0.25) is 4.79 Å². The Hall–Kier alpha value is -2.10. The van der Waals surface area contributed by atoms with E-state index >= 15 is 0 Å². The first kappa shape index (κ1) is 12.9. The Balaban J connectivity index is 1.77. The van der Waals surface area contributed by atoms with Crippen LogP contribution in [0.5, 0.6) is 0 Å². The summed E-state index contributed by atoms with van der Waals surface area (Å²) in [5, 5.41) is 3.62. The maximum Gasteiger partial charge on any atom is 0.292 e. The smallest absolute Gasteiger partial charge is 0.292 e. The van der Waals surface area contributed by atoms with Crippen LogP contribution in [0.25, 0.3) is 0 Å². The molecule has 3 rings (SSSR count). The lowest BCUT2D eigenvalue weighted by Gasteiger charge is -2.23. The number of hydrogen-bond acceptors (Lipinski definition) is 3. The second kappa shape index (κ2) is 5.90. The van der Waals surface area contributed by atoms with Crippen LogP contribution in [0.3, 0.4) is 0 Å². The van der Waals surface area contributed by atoms with E-state index in [9.17, 15) is 4.79 Å². The van der Waals surface area contributed by atoms with Gasteiger partial charge in [-0.25, -0.2) is 0 Å². The zero-order valence-corrected chi connectivity index (χ0v) is 11.4. The minimum absolute atomic E-state index is 0.0506. The molecule has 1 amide bonds. The Morgan fingerprint density at radius 3 is 2.80 bits per heavy atom. The molecular formula is C16H18N2O2. The number of benzene rings is 1. The molecular weight excluding hydrogens is 252 g/mol. The zero-order valence-electron chi connectivity index (χ0n) is 11.4. The fraction of sp³-hybridized carbons (Fsp3) is 0.375. The van der Waals surface area contributed by atoms with Gasteiger partial charge in [0.15, 0.2) is 0 Å². The minimum Gasteiger partial charge on any atom is -0.351 e. The summed E-state index contributed by atoms with van der Waals surface area (Å²) in [6.45, 7) is 1.55. The molecule has 1 aromatic carbocycles. The van der Waals surface area contributed by atoms with Crippen LogP contribution in [0.4, 0.5) is 0 Å². The normalized spacial score (nSPS) is 19.6. The van der Waals surface area contributed by atoms with E-state index in [0.29, 0.717) is 11.7 Å². The lowest BCUT2D eigenvalue weighted by Crippen LogP contribution is -2.33. The standard InChI is InChI=1S/C16H18N2O2/c19-16(15-9-10-17-20-15)18-11-5-4-8-14(12-18)13-6-2-1-3-7-13/h1-3,6-7,9-10,14H,4-5,8,11-12H2. The molecule has 1 aromatic heterocycles. The van der Waals surface area contributed by atoms with Gasteiger partial charge >= 0.3 is 0 Å². The monoisotopic (exact) mass is 270 g/mol. The van der Waals surface area contributed by atoms with E-state index in [0.717, 1.165) is 32.4 Å². The second-order valence-corrected chi connectivity index (χ2v) is 5.23. The van der Waals surface area contributed by atoms with Gasteiger partial charge in [0.25, 0.3) is 5.91 Å². The Kier molecular flexibility index (Phi) is 3.81. The molecule has 0 saturated carbocycles. The lowest BCUT2D eigenvalue weighted by molar-refractivity contribution is 0.0712. The van der Waals surface area contributed by atoms with Gasteiger partial charge in [0.05, 0.1) is 6.20 Å². The number of aromatic nitrogens is 1. The number of amides is 1. The summed E-state index contributed by atoms with van der Waals surface area (Å²) in [4.78, 5) is 14.3. The predicted octanol–water partition coefficient (Wildman–Crippen LogP) is 3.08. The molecule has 1 aliphatic rings. The molecule has 4 nitrogen and oxygen atoms in total. The van der Waals surface area contributed by atoms with E-state index in [1.807, 2.05) is 11.0 Å². The van der Waals surface area contributed by atoms with Crippen molar-refractivity contribution in [2.75, 3.05) is 13.1 Å². The van der Waals surface area contributed by atoms with Gasteiger partial charge in [-0.15, -0.1) is 0 Å². The largest absolute Gasteiger partial charge is 0.351 e. The third kappa shape index (κ3) is 2.74. The third-order valence-electron chi connectivity index (χ3n) is 3.88. The first-order valence-electron chi connectivity index (χ1n) is 7.09. The molecule has 104 valence electrons. The molecule has 4 heteroatoms. The molecule has 0 N–H and O–H groups in total. The van der Waals surface area contributed by atoms with Crippen molar-refractivity contribution in [2.24, 2.45) is 0 Å². The minimum atomic E-state index is -0.0506. The zero-order chi connectivity index (χ0) is 13.8. The van der Waals surface area contributed by atoms with Crippen LogP contribution in [-0.4, -0.2) is 29.1 Å². The van der Waals surface area contributed by atoms with Crippen LogP contribution in [0.1, 0.15) is 41.3 Å². The molecule has 2 aromatic rings. The molecule has 1 aliphatic heterocycles. The SMILES string of the molecule is O=C(c1ccno1)N1CCCCC(c2ccccc2)C1. The van der Waals surface area contributed by atoms with Gasteiger partial charge < -0.3 is 9.42 Å². The van der Waals surface area contributed by atoms with Crippen molar-refractivity contribution in [3.8, 4) is 0 Å². The quantitative estimate of drug-likeness (QED) is 0.842. The molecule has 1 unspecified atom stereocenters. The summed E-state index contributed by atoms with van der Waals surface area (Å²) in [7, 11) is 0. The maximum atomic E-state index is 12.4. The van der Waals surface area contributed by atoms with Crippen LogP contribution in [0.2, 0.25) is 0 Å². The second-order valence-electron chi connectivity index (χ2n) is 5.23. The lowest BCUT2D eigenvalue weighted by atomic mass is 9.94. The maximum absolute atomic E-state index is 12.4. The van der Waals surface area contributed by atoms with Gasteiger partial charge in [-0.05, 0) is 18.4 Å². The number of likely N-dealkylation sites (tertiary alicyclic amines) is 1. The first-order valence-corrected chi connectivity index (χ1v) is 7.09. The molecule has 0 spiro atoms. The molecule has 0 radical (unpaired) electrons. The van der Waals surface area contributed by atoms with Crippen molar-refractivity contribution >= 4 is 5.91 Å². The highest BCUT2D eigenvalue weighted by Crippen LogP contribution is 2.27. The molecule has 1 atom stereocenters. The number of rotatable bonds is 2. The topological polar surface area (TPSA) is 46.3 Å². The number of carbonyl (C=O) groups is 1. The molecule has 0 aliphatic carbocycles. The summed E-state index contributed by atoms with van der Waals surface area (Å²) in [6.07, 6.45) is 4.84. The summed E-state index contributed by atoms with van der Waals surface area (Å²) >= 11 is 0. The van der Waals surface area contributed by atoms with E-state index in [1.54, 1.807) is 6.07 Å². The summed E-state index contributed by atoms with van der Waals surface area (Å²) in [5.74, 6) is 0.689. The number of carbonyl (C=O) groups excluding carboxylic acids is 1. The fourth-order valence-corrected chi connectivity index (χ4v) is 2.81. The van der Waals surface area contributed by atoms with Gasteiger partial charge in [0.2, 0.25) is 5.76 Å². The average molecular weight is 270 g/mol. The Bertz CT molecular complexity index is 551. The van der Waals surface area contributed by atoms with Crippen LogP contribution >= 0.6 is 0 Å². The van der Waals surface area contributed by atoms with E-state index in [2.05, 4.69) is 29.4 Å². The highest BCUT2D eigenvalue weighted by Gasteiger charge is 2.25. The van der Waals surface area contributed by atoms with Crippen LogP contribution in [0, 0.1) is 0 Å². The summed E-state index contributed by atoms with van der Waals surface area (Å²) in [6, 6.07) is 12.1. The average Bonchev–Trinajstić information content (AvgIpc) is 2.92. The van der Waals surface area contributed by atoms with Crippen molar-refractivity contribution in [3.63, 3.8) is 0 Å². The Labute approximate surface area is 118 Å². The predicted molar refractivity (Wildman–Crippen MR) is 75.4 cm³/mol. The Morgan fingerprint density at radius 1 is 1.20 bits per heavy atom. The van der Waals surface area contributed by atoms with Gasteiger partial charge in [0.1, 0.15) is 0 Å². The highest BCUT2D eigenvalue weighted by molar-refractivity contribution is 5.91. The fourth-order valence-electron chi connectivity index (χ4n) is 2.81. The summed E-state index contributed by atoms with van der Waals surface area (Å²) < 4.78 is 4.99. The van der Waals surface area contributed by atoms with Crippen molar-refractivity contribution in [2.45, 2.75) is 25.2 Å². The number of hydrogen-bond donors (Lipinski definition) is 0. The number of nitrogens with zero attached hydrogens (tertiary/aromatic N) is 2.